The number of nitrogens with one attached hydrogen (secondary N) is 1. The maximum atomic E-state index is 4.19. The number of nitrogens with zero attached hydrogens (tertiary/aromatic N) is 3. The van der Waals surface area contributed by atoms with E-state index < -0.39 is 0 Å². The molecule has 2 rings (SSSR count). The number of hydrogen-bond donors (Lipinski definition) is 1. The summed E-state index contributed by atoms with van der Waals surface area (Å²) in [6.45, 7) is 9.19. The lowest BCUT2D eigenvalue weighted by atomic mass is 10.1. The molecule has 0 aliphatic carbocycles. The summed E-state index contributed by atoms with van der Waals surface area (Å²) in [4.78, 5) is 0. The van der Waals surface area contributed by atoms with E-state index in [-0.39, 0.29) is 0 Å². The van der Waals surface area contributed by atoms with E-state index >= 15 is 0 Å². The standard InChI is InChI=1S/C14H19BrN4/c1-9(2)16-7-13-8-17-18-19(13)12-5-10(3)14(15)11(4)6-12/h5-6,8-9,16H,7H2,1-4H3. The summed E-state index contributed by atoms with van der Waals surface area (Å²) >= 11 is 3.59. The van der Waals surface area contributed by atoms with Crippen molar-refractivity contribution in [2.45, 2.75) is 40.3 Å². The van der Waals surface area contributed by atoms with Gasteiger partial charge in [0.05, 0.1) is 17.6 Å². The predicted molar refractivity (Wildman–Crippen MR) is 80.5 cm³/mol. The highest BCUT2D eigenvalue weighted by molar-refractivity contribution is 9.10. The number of aryl methyl sites for hydroxylation is 2. The molecule has 2 aromatic rings. The summed E-state index contributed by atoms with van der Waals surface area (Å²) in [6.07, 6.45) is 1.81. The SMILES string of the molecule is Cc1cc(-n2nncc2CNC(C)C)cc(C)c1Br. The van der Waals surface area contributed by atoms with E-state index in [9.17, 15) is 0 Å². The van der Waals surface area contributed by atoms with E-state index in [1.54, 1.807) is 0 Å². The number of aromatic nitrogens is 3. The zero-order valence-corrected chi connectivity index (χ0v) is 13.3. The molecule has 1 heterocycles. The van der Waals surface area contributed by atoms with Crippen LogP contribution in [0.25, 0.3) is 5.69 Å². The van der Waals surface area contributed by atoms with Crippen LogP contribution in [0, 0.1) is 13.8 Å². The Hall–Kier alpha value is -1.20. The van der Waals surface area contributed by atoms with Crippen molar-refractivity contribution in [1.29, 1.82) is 0 Å². The molecule has 0 radical (unpaired) electrons. The highest BCUT2D eigenvalue weighted by Crippen LogP contribution is 2.24. The zero-order valence-electron chi connectivity index (χ0n) is 11.7. The monoisotopic (exact) mass is 322 g/mol. The molecule has 0 unspecified atom stereocenters. The minimum Gasteiger partial charge on any atom is -0.309 e. The molecule has 0 aliphatic heterocycles. The van der Waals surface area contributed by atoms with Crippen molar-refractivity contribution in [3.05, 3.63) is 39.6 Å². The third-order valence-electron chi connectivity index (χ3n) is 2.98. The summed E-state index contributed by atoms with van der Waals surface area (Å²) in [5.74, 6) is 0. The molecule has 0 bridgehead atoms. The van der Waals surface area contributed by atoms with Gasteiger partial charge in [-0.05, 0) is 37.1 Å². The molecule has 102 valence electrons. The van der Waals surface area contributed by atoms with Crippen LogP contribution in [0.5, 0.6) is 0 Å². The van der Waals surface area contributed by atoms with Gasteiger partial charge >= 0.3 is 0 Å². The molecule has 4 nitrogen and oxygen atoms in total. The first kappa shape index (κ1) is 14.2. The molecule has 1 aromatic heterocycles. The van der Waals surface area contributed by atoms with Gasteiger partial charge in [0.25, 0.3) is 0 Å². The van der Waals surface area contributed by atoms with Gasteiger partial charge in [0.15, 0.2) is 0 Å². The second-order valence-corrected chi connectivity index (χ2v) is 5.86. The Morgan fingerprint density at radius 3 is 2.47 bits per heavy atom. The van der Waals surface area contributed by atoms with E-state index in [4.69, 9.17) is 0 Å². The normalized spacial score (nSPS) is 11.3. The molecule has 19 heavy (non-hydrogen) atoms. The van der Waals surface area contributed by atoms with E-state index in [0.29, 0.717) is 6.04 Å². The predicted octanol–water partition coefficient (Wildman–Crippen LogP) is 3.14. The van der Waals surface area contributed by atoms with Crippen LogP contribution >= 0.6 is 15.9 Å². The van der Waals surface area contributed by atoms with Crippen molar-refractivity contribution in [3.8, 4) is 5.69 Å². The first-order chi connectivity index (χ1) is 8.99. The second kappa shape index (κ2) is 5.84. The summed E-state index contributed by atoms with van der Waals surface area (Å²) in [6, 6.07) is 4.67. The fraction of sp³-hybridized carbons (Fsp3) is 0.429. The fourth-order valence-electron chi connectivity index (χ4n) is 1.95. The molecule has 0 atom stereocenters. The first-order valence-electron chi connectivity index (χ1n) is 6.39. The average Bonchev–Trinajstić information content (AvgIpc) is 2.81. The van der Waals surface area contributed by atoms with Gasteiger partial charge in [-0.25, -0.2) is 4.68 Å². The van der Waals surface area contributed by atoms with Gasteiger partial charge in [-0.15, -0.1) is 5.10 Å². The van der Waals surface area contributed by atoms with Crippen molar-refractivity contribution in [2.24, 2.45) is 0 Å². The maximum absolute atomic E-state index is 4.19. The molecule has 5 heteroatoms. The molecule has 1 N–H and O–H groups in total. The van der Waals surface area contributed by atoms with Gasteiger partial charge < -0.3 is 5.32 Å². The van der Waals surface area contributed by atoms with Crippen molar-refractivity contribution < 1.29 is 0 Å². The zero-order chi connectivity index (χ0) is 14.0. The Balaban J connectivity index is 2.34. The minimum atomic E-state index is 0.441. The summed E-state index contributed by atoms with van der Waals surface area (Å²) in [5, 5.41) is 11.6. The van der Waals surface area contributed by atoms with E-state index in [1.165, 1.54) is 11.1 Å². The Bertz CT molecular complexity index is 552. The lowest BCUT2D eigenvalue weighted by Gasteiger charge is -2.12. The van der Waals surface area contributed by atoms with Crippen LogP contribution in [0.3, 0.4) is 0 Å². The summed E-state index contributed by atoms with van der Waals surface area (Å²) in [7, 11) is 0. The number of rotatable bonds is 4. The molecule has 0 fully saturated rings. The fourth-order valence-corrected chi connectivity index (χ4v) is 2.18. The molecule has 0 saturated heterocycles. The number of benzene rings is 1. The van der Waals surface area contributed by atoms with E-state index in [1.807, 2.05) is 10.9 Å². The van der Waals surface area contributed by atoms with Crippen molar-refractivity contribution in [2.75, 3.05) is 0 Å². The highest BCUT2D eigenvalue weighted by atomic mass is 79.9. The van der Waals surface area contributed by atoms with Gasteiger partial charge in [-0.1, -0.05) is 35.0 Å². The average molecular weight is 323 g/mol. The maximum Gasteiger partial charge on any atom is 0.0783 e. The van der Waals surface area contributed by atoms with Gasteiger partial charge in [-0.2, -0.15) is 0 Å². The Morgan fingerprint density at radius 2 is 1.89 bits per heavy atom. The lowest BCUT2D eigenvalue weighted by Crippen LogP contribution is -2.23. The third kappa shape index (κ3) is 3.22. The lowest BCUT2D eigenvalue weighted by molar-refractivity contribution is 0.570. The summed E-state index contributed by atoms with van der Waals surface area (Å²) < 4.78 is 3.04. The summed E-state index contributed by atoms with van der Waals surface area (Å²) in [5.41, 5.74) is 4.52. The largest absolute Gasteiger partial charge is 0.309 e. The quantitative estimate of drug-likeness (QED) is 0.940. The van der Waals surface area contributed by atoms with Gasteiger partial charge in [0, 0.05) is 17.1 Å². The third-order valence-corrected chi connectivity index (χ3v) is 4.23. The van der Waals surface area contributed by atoms with Crippen molar-refractivity contribution in [1.82, 2.24) is 20.3 Å². The van der Waals surface area contributed by atoms with Gasteiger partial charge in [0.2, 0.25) is 0 Å². The van der Waals surface area contributed by atoms with Gasteiger partial charge in [0.1, 0.15) is 0 Å². The molecular formula is C14H19BrN4. The van der Waals surface area contributed by atoms with E-state index in [0.717, 1.165) is 22.4 Å². The van der Waals surface area contributed by atoms with Crippen LogP contribution in [0.2, 0.25) is 0 Å². The molecule has 1 aromatic carbocycles. The smallest absolute Gasteiger partial charge is 0.0783 e. The topological polar surface area (TPSA) is 42.7 Å². The first-order valence-corrected chi connectivity index (χ1v) is 7.18. The highest BCUT2D eigenvalue weighted by Gasteiger charge is 2.09. The van der Waals surface area contributed by atoms with Crippen LogP contribution in [0.4, 0.5) is 0 Å². The van der Waals surface area contributed by atoms with Crippen LogP contribution < -0.4 is 5.32 Å². The molecular weight excluding hydrogens is 304 g/mol. The second-order valence-electron chi connectivity index (χ2n) is 5.07. The minimum absolute atomic E-state index is 0.441. The van der Waals surface area contributed by atoms with E-state index in [2.05, 4.69) is 71.4 Å². The van der Waals surface area contributed by atoms with Crippen molar-refractivity contribution in [3.63, 3.8) is 0 Å². The van der Waals surface area contributed by atoms with Crippen molar-refractivity contribution >= 4 is 15.9 Å². The van der Waals surface area contributed by atoms with Crippen LogP contribution in [0.1, 0.15) is 30.7 Å². The van der Waals surface area contributed by atoms with Crippen LogP contribution in [-0.2, 0) is 6.54 Å². The molecule has 0 saturated carbocycles. The molecule has 0 aliphatic rings. The van der Waals surface area contributed by atoms with Crippen LogP contribution in [-0.4, -0.2) is 21.0 Å². The Kier molecular flexibility index (Phi) is 4.37. The van der Waals surface area contributed by atoms with Crippen LogP contribution in [0.15, 0.2) is 22.8 Å². The molecule has 0 amide bonds. The Labute approximate surface area is 122 Å². The number of hydrogen-bond acceptors (Lipinski definition) is 3. The van der Waals surface area contributed by atoms with Gasteiger partial charge in [-0.3, -0.25) is 0 Å². The number of halogens is 1. The Morgan fingerprint density at radius 1 is 1.26 bits per heavy atom. The molecule has 0 spiro atoms.